The highest BCUT2D eigenvalue weighted by molar-refractivity contribution is 6.43. The van der Waals surface area contributed by atoms with Crippen molar-refractivity contribution < 1.29 is 9.63 Å². The fourth-order valence-electron chi connectivity index (χ4n) is 2.58. The molecule has 0 unspecified atom stereocenters. The molecular formula is C14H16ClN3O2. The third-order valence-electron chi connectivity index (χ3n) is 3.62. The van der Waals surface area contributed by atoms with Crippen LogP contribution in [0.5, 0.6) is 0 Å². The zero-order valence-corrected chi connectivity index (χ0v) is 11.7. The van der Waals surface area contributed by atoms with Crippen LogP contribution in [0, 0.1) is 0 Å². The second-order valence-corrected chi connectivity index (χ2v) is 5.67. The van der Waals surface area contributed by atoms with Crippen molar-refractivity contribution in [2.75, 3.05) is 18.4 Å². The first-order chi connectivity index (χ1) is 9.67. The number of amides is 1. The molecule has 1 fully saturated rings. The first kappa shape index (κ1) is 13.4. The highest BCUT2D eigenvalue weighted by atomic mass is 35.5. The summed E-state index contributed by atoms with van der Waals surface area (Å²) in [5, 5.41) is 10.6. The average Bonchev–Trinajstić information content (AvgIpc) is 2.83. The largest absolute Gasteiger partial charge is 0.387 e. The summed E-state index contributed by atoms with van der Waals surface area (Å²) < 4.78 is 0. The van der Waals surface area contributed by atoms with Gasteiger partial charge in [-0.3, -0.25) is 4.79 Å². The fourth-order valence-corrected chi connectivity index (χ4v) is 2.77. The Morgan fingerprint density at radius 3 is 3.15 bits per heavy atom. The van der Waals surface area contributed by atoms with E-state index in [9.17, 15) is 4.79 Å². The molecule has 1 amide bonds. The van der Waals surface area contributed by atoms with Gasteiger partial charge < -0.3 is 15.5 Å². The molecule has 1 saturated heterocycles. The van der Waals surface area contributed by atoms with E-state index in [0.29, 0.717) is 22.8 Å². The van der Waals surface area contributed by atoms with Gasteiger partial charge in [0, 0.05) is 23.7 Å². The lowest BCUT2D eigenvalue weighted by Crippen LogP contribution is -2.46. The van der Waals surface area contributed by atoms with E-state index in [2.05, 4.69) is 15.8 Å². The van der Waals surface area contributed by atoms with Gasteiger partial charge in [-0.1, -0.05) is 22.8 Å². The van der Waals surface area contributed by atoms with Crippen LogP contribution >= 0.6 is 11.6 Å². The monoisotopic (exact) mass is 293 g/mol. The maximum absolute atomic E-state index is 12.2. The minimum atomic E-state index is -0.334. The Bertz CT molecular complexity index is 553. The highest BCUT2D eigenvalue weighted by Crippen LogP contribution is 2.30. The first-order valence-corrected chi connectivity index (χ1v) is 7.07. The predicted octanol–water partition coefficient (Wildman–Crippen LogP) is 2.18. The summed E-state index contributed by atoms with van der Waals surface area (Å²) in [4.78, 5) is 17.7. The quantitative estimate of drug-likeness (QED) is 0.878. The summed E-state index contributed by atoms with van der Waals surface area (Å²) in [5.74, 6) is -0.227. The number of nitrogens with zero attached hydrogens (tertiary/aromatic N) is 1. The number of carbonyl (C=O) groups excluding carboxylic acids is 1. The third-order valence-corrected chi connectivity index (χ3v) is 3.85. The SMILES string of the molecule is O=C(Nc1cccc(Cl)c1)C1=NO[C@@]2(CCCNC2)C1. The van der Waals surface area contributed by atoms with E-state index in [-0.39, 0.29) is 11.5 Å². The molecule has 1 aromatic rings. The van der Waals surface area contributed by atoms with E-state index in [0.717, 1.165) is 25.9 Å². The third kappa shape index (κ3) is 2.78. The number of piperidine rings is 1. The number of benzene rings is 1. The molecule has 2 aliphatic rings. The zero-order chi connectivity index (χ0) is 14.0. The van der Waals surface area contributed by atoms with Gasteiger partial charge in [-0.25, -0.2) is 0 Å². The molecule has 0 radical (unpaired) electrons. The van der Waals surface area contributed by atoms with E-state index >= 15 is 0 Å². The molecule has 2 N–H and O–H groups in total. The highest BCUT2D eigenvalue weighted by Gasteiger charge is 2.42. The molecule has 20 heavy (non-hydrogen) atoms. The summed E-state index contributed by atoms with van der Waals surface area (Å²) in [6.07, 6.45) is 2.52. The van der Waals surface area contributed by atoms with Gasteiger partial charge in [0.05, 0.1) is 0 Å². The van der Waals surface area contributed by atoms with Gasteiger partial charge in [0.25, 0.3) is 5.91 Å². The molecule has 1 aromatic carbocycles. The number of carbonyl (C=O) groups is 1. The predicted molar refractivity (Wildman–Crippen MR) is 78.1 cm³/mol. The van der Waals surface area contributed by atoms with Crippen LogP contribution in [0.2, 0.25) is 5.02 Å². The average molecular weight is 294 g/mol. The van der Waals surface area contributed by atoms with E-state index in [1.807, 2.05) is 0 Å². The molecule has 2 heterocycles. The molecule has 0 aromatic heterocycles. The normalized spacial score (nSPS) is 25.1. The van der Waals surface area contributed by atoms with Crippen LogP contribution < -0.4 is 10.6 Å². The van der Waals surface area contributed by atoms with Crippen LogP contribution in [0.4, 0.5) is 5.69 Å². The van der Waals surface area contributed by atoms with Gasteiger partial charge in [-0.05, 0) is 37.6 Å². The molecule has 3 rings (SSSR count). The smallest absolute Gasteiger partial charge is 0.273 e. The van der Waals surface area contributed by atoms with Crippen molar-refractivity contribution in [1.29, 1.82) is 0 Å². The standard InChI is InChI=1S/C14H16ClN3O2/c15-10-3-1-4-11(7-10)17-13(19)12-8-14(20-18-12)5-2-6-16-9-14/h1,3-4,7,16H,2,5-6,8-9H2,(H,17,19)/t14-/m0/s1. The van der Waals surface area contributed by atoms with Crippen LogP contribution in [0.1, 0.15) is 19.3 Å². The van der Waals surface area contributed by atoms with Crippen molar-refractivity contribution >= 4 is 28.9 Å². The van der Waals surface area contributed by atoms with E-state index in [1.165, 1.54) is 0 Å². The van der Waals surface area contributed by atoms with Crippen molar-refractivity contribution in [3.8, 4) is 0 Å². The molecule has 6 heteroatoms. The van der Waals surface area contributed by atoms with Crippen molar-refractivity contribution in [2.24, 2.45) is 5.16 Å². The van der Waals surface area contributed by atoms with Crippen molar-refractivity contribution in [1.82, 2.24) is 5.32 Å². The molecule has 1 spiro atoms. The minimum absolute atomic E-state index is 0.227. The van der Waals surface area contributed by atoms with Crippen LogP contribution in [0.3, 0.4) is 0 Å². The Labute approximate surface area is 122 Å². The van der Waals surface area contributed by atoms with Gasteiger partial charge in [0.2, 0.25) is 0 Å². The lowest BCUT2D eigenvalue weighted by atomic mass is 9.89. The van der Waals surface area contributed by atoms with Crippen LogP contribution in [-0.2, 0) is 9.63 Å². The van der Waals surface area contributed by atoms with Gasteiger partial charge in [-0.15, -0.1) is 0 Å². The summed E-state index contributed by atoms with van der Waals surface area (Å²) in [5.41, 5.74) is 0.765. The Balaban J connectivity index is 1.64. The Morgan fingerprint density at radius 2 is 2.40 bits per heavy atom. The number of hydrogen-bond donors (Lipinski definition) is 2. The fraction of sp³-hybridized carbons (Fsp3) is 0.429. The molecule has 5 nitrogen and oxygen atoms in total. The minimum Gasteiger partial charge on any atom is -0.387 e. The van der Waals surface area contributed by atoms with Crippen LogP contribution in [-0.4, -0.2) is 30.3 Å². The Morgan fingerprint density at radius 1 is 1.50 bits per heavy atom. The molecule has 106 valence electrons. The summed E-state index contributed by atoms with van der Waals surface area (Å²) >= 11 is 5.89. The summed E-state index contributed by atoms with van der Waals surface area (Å²) in [7, 11) is 0. The lowest BCUT2D eigenvalue weighted by molar-refractivity contribution is -0.110. The number of halogens is 1. The summed E-state index contributed by atoms with van der Waals surface area (Å²) in [6, 6.07) is 7.04. The van der Waals surface area contributed by atoms with Crippen molar-refractivity contribution in [3.63, 3.8) is 0 Å². The van der Waals surface area contributed by atoms with Crippen molar-refractivity contribution in [2.45, 2.75) is 24.9 Å². The molecule has 0 saturated carbocycles. The van der Waals surface area contributed by atoms with Crippen LogP contribution in [0.25, 0.3) is 0 Å². The van der Waals surface area contributed by atoms with E-state index in [1.54, 1.807) is 24.3 Å². The summed E-state index contributed by atoms with van der Waals surface area (Å²) in [6.45, 7) is 1.74. The topological polar surface area (TPSA) is 62.7 Å². The van der Waals surface area contributed by atoms with Gasteiger partial charge in [0.15, 0.2) is 5.60 Å². The second kappa shape index (κ2) is 5.42. The number of nitrogens with one attached hydrogen (secondary N) is 2. The molecule has 2 aliphatic heterocycles. The van der Waals surface area contributed by atoms with Gasteiger partial charge in [0.1, 0.15) is 5.71 Å². The maximum atomic E-state index is 12.2. The second-order valence-electron chi connectivity index (χ2n) is 5.23. The zero-order valence-electron chi connectivity index (χ0n) is 11.0. The lowest BCUT2D eigenvalue weighted by Gasteiger charge is -2.30. The van der Waals surface area contributed by atoms with E-state index < -0.39 is 0 Å². The number of oxime groups is 1. The van der Waals surface area contributed by atoms with E-state index in [4.69, 9.17) is 16.4 Å². The maximum Gasteiger partial charge on any atom is 0.273 e. The number of anilines is 1. The molecule has 0 aliphatic carbocycles. The number of hydrogen-bond acceptors (Lipinski definition) is 4. The van der Waals surface area contributed by atoms with Crippen LogP contribution in [0.15, 0.2) is 29.4 Å². The van der Waals surface area contributed by atoms with Gasteiger partial charge >= 0.3 is 0 Å². The first-order valence-electron chi connectivity index (χ1n) is 6.70. The van der Waals surface area contributed by atoms with Gasteiger partial charge in [-0.2, -0.15) is 0 Å². The Hall–Kier alpha value is -1.59. The Kier molecular flexibility index (Phi) is 3.63. The number of rotatable bonds is 2. The molecule has 1 atom stereocenters. The molecular weight excluding hydrogens is 278 g/mol. The van der Waals surface area contributed by atoms with Crippen molar-refractivity contribution in [3.05, 3.63) is 29.3 Å². The molecule has 0 bridgehead atoms.